The van der Waals surface area contributed by atoms with Crippen molar-refractivity contribution in [2.75, 3.05) is 24.8 Å². The topological polar surface area (TPSA) is 97.9 Å². The van der Waals surface area contributed by atoms with E-state index in [1.54, 1.807) is 48.1 Å². The number of thioether (sulfide) groups is 1. The average Bonchev–Trinajstić information content (AvgIpc) is 2.89. The minimum atomic E-state index is -0.195. The summed E-state index contributed by atoms with van der Waals surface area (Å²) in [4.78, 5) is 30.2. The van der Waals surface area contributed by atoms with Crippen molar-refractivity contribution in [1.82, 2.24) is 9.55 Å². The summed E-state index contributed by atoms with van der Waals surface area (Å²) in [5.74, 6) is -0.0793. The average molecular weight is 488 g/mol. The first kappa shape index (κ1) is 24.3. The van der Waals surface area contributed by atoms with Crippen LogP contribution >= 0.6 is 11.8 Å². The summed E-state index contributed by atoms with van der Waals surface area (Å²) in [5, 5.41) is 12.3. The largest absolute Gasteiger partial charge is 0.385 e. The van der Waals surface area contributed by atoms with Gasteiger partial charge in [0.2, 0.25) is 5.91 Å². The van der Waals surface area contributed by atoms with Crippen molar-refractivity contribution >= 4 is 45.6 Å². The normalized spacial score (nSPS) is 11.2. The number of anilines is 1. The molecule has 4 aromatic rings. The highest BCUT2D eigenvalue weighted by molar-refractivity contribution is 7.99. The van der Waals surface area contributed by atoms with Gasteiger partial charge in [-0.1, -0.05) is 42.1 Å². The summed E-state index contributed by atoms with van der Waals surface area (Å²) in [6, 6.07) is 23.8. The SMILES string of the molecule is COCCCn1c(SCC(=O)Nc2ccc(N=Nc3ccccc3)cc2)nc2ccccc2c1=O. The Morgan fingerprint density at radius 2 is 1.66 bits per heavy atom. The Kier molecular flexibility index (Phi) is 8.37. The van der Waals surface area contributed by atoms with E-state index in [9.17, 15) is 9.59 Å². The zero-order valence-electron chi connectivity index (χ0n) is 19.3. The van der Waals surface area contributed by atoms with Crippen molar-refractivity contribution in [2.24, 2.45) is 10.2 Å². The number of azo groups is 1. The van der Waals surface area contributed by atoms with E-state index in [1.807, 2.05) is 42.5 Å². The van der Waals surface area contributed by atoms with Crippen molar-refractivity contribution in [3.8, 4) is 0 Å². The van der Waals surface area contributed by atoms with E-state index in [4.69, 9.17) is 4.74 Å². The molecule has 0 bridgehead atoms. The monoisotopic (exact) mass is 487 g/mol. The molecule has 0 spiro atoms. The Morgan fingerprint density at radius 3 is 2.40 bits per heavy atom. The van der Waals surface area contributed by atoms with E-state index in [2.05, 4.69) is 20.5 Å². The predicted molar refractivity (Wildman–Crippen MR) is 139 cm³/mol. The first-order valence-electron chi connectivity index (χ1n) is 11.1. The fourth-order valence-electron chi connectivity index (χ4n) is 3.37. The van der Waals surface area contributed by atoms with Gasteiger partial charge in [-0.2, -0.15) is 10.2 Å². The number of aromatic nitrogens is 2. The molecule has 4 rings (SSSR count). The van der Waals surface area contributed by atoms with Crippen LogP contribution in [0.25, 0.3) is 10.9 Å². The van der Waals surface area contributed by atoms with Crippen LogP contribution < -0.4 is 10.9 Å². The first-order chi connectivity index (χ1) is 17.1. The lowest BCUT2D eigenvalue weighted by atomic mass is 10.2. The first-order valence-corrected chi connectivity index (χ1v) is 12.1. The van der Waals surface area contributed by atoms with Crippen LogP contribution in [-0.4, -0.2) is 34.9 Å². The minimum Gasteiger partial charge on any atom is -0.385 e. The molecule has 1 N–H and O–H groups in total. The maximum Gasteiger partial charge on any atom is 0.262 e. The van der Waals surface area contributed by atoms with Gasteiger partial charge < -0.3 is 10.1 Å². The summed E-state index contributed by atoms with van der Waals surface area (Å²) in [7, 11) is 1.63. The number of ether oxygens (including phenoxy) is 1. The molecule has 1 aromatic heterocycles. The number of carbonyl (C=O) groups excluding carboxylic acids is 1. The number of fused-ring (bicyclic) bond motifs is 1. The van der Waals surface area contributed by atoms with Gasteiger partial charge in [0.15, 0.2) is 5.16 Å². The number of para-hydroxylation sites is 1. The molecular weight excluding hydrogens is 462 g/mol. The number of hydrogen-bond acceptors (Lipinski definition) is 7. The lowest BCUT2D eigenvalue weighted by molar-refractivity contribution is -0.113. The second-order valence-electron chi connectivity index (χ2n) is 7.63. The van der Waals surface area contributed by atoms with Crippen LogP contribution in [0.3, 0.4) is 0 Å². The predicted octanol–water partition coefficient (Wildman–Crippen LogP) is 5.58. The fraction of sp³-hybridized carbons (Fsp3) is 0.192. The number of hydrogen-bond donors (Lipinski definition) is 1. The third kappa shape index (κ3) is 6.62. The third-order valence-electron chi connectivity index (χ3n) is 5.08. The van der Waals surface area contributed by atoms with Crippen molar-refractivity contribution < 1.29 is 9.53 Å². The van der Waals surface area contributed by atoms with E-state index in [0.717, 1.165) is 5.69 Å². The van der Waals surface area contributed by atoms with Gasteiger partial charge in [0.25, 0.3) is 5.56 Å². The summed E-state index contributed by atoms with van der Waals surface area (Å²) in [5.41, 5.74) is 2.60. The summed E-state index contributed by atoms with van der Waals surface area (Å²) >= 11 is 1.24. The molecule has 35 heavy (non-hydrogen) atoms. The molecule has 1 amide bonds. The number of benzene rings is 3. The smallest absolute Gasteiger partial charge is 0.262 e. The molecule has 178 valence electrons. The number of carbonyl (C=O) groups is 1. The van der Waals surface area contributed by atoms with E-state index in [0.29, 0.717) is 47.0 Å². The van der Waals surface area contributed by atoms with Crippen LogP contribution in [-0.2, 0) is 16.1 Å². The number of nitrogens with one attached hydrogen (secondary N) is 1. The Labute approximate surface area is 207 Å². The van der Waals surface area contributed by atoms with Crippen molar-refractivity contribution in [3.05, 3.63) is 89.2 Å². The maximum absolute atomic E-state index is 13.0. The molecule has 0 atom stereocenters. The Hall–Kier alpha value is -3.82. The van der Waals surface area contributed by atoms with Crippen molar-refractivity contribution in [3.63, 3.8) is 0 Å². The zero-order valence-corrected chi connectivity index (χ0v) is 20.1. The van der Waals surface area contributed by atoms with Gasteiger partial charge in [0.05, 0.1) is 28.0 Å². The van der Waals surface area contributed by atoms with Gasteiger partial charge in [0.1, 0.15) is 0 Å². The molecule has 0 fully saturated rings. The Balaban J connectivity index is 1.40. The van der Waals surface area contributed by atoms with Crippen LogP contribution in [0.1, 0.15) is 6.42 Å². The highest BCUT2D eigenvalue weighted by Gasteiger charge is 2.13. The Bertz CT molecular complexity index is 1370. The maximum atomic E-state index is 13.0. The Morgan fingerprint density at radius 1 is 0.971 bits per heavy atom. The summed E-state index contributed by atoms with van der Waals surface area (Å²) in [6.07, 6.45) is 0.671. The number of nitrogens with zero attached hydrogens (tertiary/aromatic N) is 4. The second-order valence-corrected chi connectivity index (χ2v) is 8.58. The van der Waals surface area contributed by atoms with E-state index in [1.165, 1.54) is 11.8 Å². The van der Waals surface area contributed by atoms with Crippen molar-refractivity contribution in [2.45, 2.75) is 18.1 Å². The van der Waals surface area contributed by atoms with Gasteiger partial charge in [-0.05, 0) is 55.0 Å². The zero-order chi connectivity index (χ0) is 24.5. The summed E-state index contributed by atoms with van der Waals surface area (Å²) in [6.45, 7) is 0.998. The quantitative estimate of drug-likeness (QED) is 0.136. The van der Waals surface area contributed by atoms with E-state index in [-0.39, 0.29) is 17.2 Å². The molecule has 0 aliphatic heterocycles. The van der Waals surface area contributed by atoms with Crippen LogP contribution in [0.5, 0.6) is 0 Å². The number of methoxy groups -OCH3 is 1. The van der Waals surface area contributed by atoms with Crippen molar-refractivity contribution in [1.29, 1.82) is 0 Å². The highest BCUT2D eigenvalue weighted by Crippen LogP contribution is 2.21. The van der Waals surface area contributed by atoms with Crippen LogP contribution in [0.2, 0.25) is 0 Å². The number of rotatable bonds is 10. The van der Waals surface area contributed by atoms with Gasteiger partial charge in [-0.25, -0.2) is 4.98 Å². The fourth-order valence-corrected chi connectivity index (χ4v) is 4.20. The molecule has 1 heterocycles. The van der Waals surface area contributed by atoms with Gasteiger partial charge in [0, 0.05) is 25.9 Å². The van der Waals surface area contributed by atoms with E-state index >= 15 is 0 Å². The molecule has 3 aromatic carbocycles. The molecule has 9 heteroatoms. The van der Waals surface area contributed by atoms with E-state index < -0.39 is 0 Å². The lowest BCUT2D eigenvalue weighted by Crippen LogP contribution is -2.25. The minimum absolute atomic E-state index is 0.116. The molecule has 8 nitrogen and oxygen atoms in total. The van der Waals surface area contributed by atoms with Gasteiger partial charge >= 0.3 is 0 Å². The second kappa shape index (κ2) is 12.0. The molecular formula is C26H25N5O3S. The van der Waals surface area contributed by atoms with Gasteiger partial charge in [-0.3, -0.25) is 14.2 Å². The number of amides is 1. The standard InChI is InChI=1S/C26H25N5O3S/c1-34-17-7-16-31-25(33)22-10-5-6-11-23(22)28-26(31)35-18-24(32)27-19-12-14-21(15-13-19)30-29-20-8-3-2-4-9-20/h2-6,8-15H,7,16-18H2,1H3,(H,27,32). The van der Waals surface area contributed by atoms with Crippen LogP contribution in [0.15, 0.2) is 99.0 Å². The van der Waals surface area contributed by atoms with Crippen LogP contribution in [0.4, 0.5) is 17.1 Å². The van der Waals surface area contributed by atoms with Gasteiger partial charge in [-0.15, -0.1) is 0 Å². The molecule has 0 unspecified atom stereocenters. The molecule has 0 radical (unpaired) electrons. The molecule has 0 aliphatic rings. The lowest BCUT2D eigenvalue weighted by Gasteiger charge is -2.13. The van der Waals surface area contributed by atoms with Crippen LogP contribution in [0, 0.1) is 0 Å². The third-order valence-corrected chi connectivity index (χ3v) is 6.05. The molecule has 0 aliphatic carbocycles. The molecule has 0 saturated carbocycles. The molecule has 0 saturated heterocycles. The highest BCUT2D eigenvalue weighted by atomic mass is 32.2. The summed E-state index contributed by atoms with van der Waals surface area (Å²) < 4.78 is 6.74.